The summed E-state index contributed by atoms with van der Waals surface area (Å²) >= 11 is 0. The Hall–Kier alpha value is -1.06. The zero-order chi connectivity index (χ0) is 23.0. The first-order chi connectivity index (χ1) is 15.1. The minimum Gasteiger partial charge on any atom is -0.466 e. The van der Waals surface area contributed by atoms with E-state index in [1.165, 1.54) is 77.0 Å². The van der Waals surface area contributed by atoms with E-state index >= 15 is 0 Å². The highest BCUT2D eigenvalue weighted by atomic mass is 16.5. The van der Waals surface area contributed by atoms with Gasteiger partial charge in [-0.25, -0.2) is 0 Å². The third-order valence-electron chi connectivity index (χ3n) is 5.92. The first kappa shape index (κ1) is 29.9. The number of carbonyl (C=O) groups excluding carboxylic acids is 2. The molecule has 4 nitrogen and oxygen atoms in total. The van der Waals surface area contributed by atoms with Crippen LogP contribution in [0.2, 0.25) is 0 Å². The van der Waals surface area contributed by atoms with Gasteiger partial charge >= 0.3 is 11.9 Å². The molecular formula is C27H52O4. The lowest BCUT2D eigenvalue weighted by Gasteiger charge is -2.11. The maximum absolute atomic E-state index is 12.0. The van der Waals surface area contributed by atoms with Crippen LogP contribution in [0.3, 0.4) is 0 Å². The number of rotatable bonds is 23. The molecule has 0 amide bonds. The Morgan fingerprint density at radius 1 is 0.581 bits per heavy atom. The molecule has 184 valence electrons. The summed E-state index contributed by atoms with van der Waals surface area (Å²) in [5.74, 6) is -0.410. The molecule has 1 atom stereocenters. The van der Waals surface area contributed by atoms with Gasteiger partial charge in [0.05, 0.1) is 19.1 Å². The standard InChI is InChI=1S/C27H52O4/c1-4-6-8-10-12-14-16-18-23-30-26(28)22-20-21-25(3)27(29)31-24-19-17-15-13-11-9-7-5-2/h25H,4-24H2,1-3H3. The number of ether oxygens (including phenoxy) is 2. The molecule has 1 unspecified atom stereocenters. The fourth-order valence-electron chi connectivity index (χ4n) is 3.72. The largest absolute Gasteiger partial charge is 0.466 e. The molecule has 0 spiro atoms. The fourth-order valence-corrected chi connectivity index (χ4v) is 3.72. The Bertz CT molecular complexity index is 408. The molecule has 0 aromatic heterocycles. The van der Waals surface area contributed by atoms with E-state index in [-0.39, 0.29) is 17.9 Å². The molecule has 0 N–H and O–H groups in total. The molecule has 0 aromatic rings. The summed E-state index contributed by atoms with van der Waals surface area (Å²) in [5.41, 5.74) is 0. The molecular weight excluding hydrogens is 388 g/mol. The normalized spacial score (nSPS) is 12.0. The quantitative estimate of drug-likeness (QED) is 0.119. The van der Waals surface area contributed by atoms with Gasteiger partial charge in [-0.05, 0) is 25.7 Å². The van der Waals surface area contributed by atoms with Gasteiger partial charge in [-0.2, -0.15) is 0 Å². The maximum atomic E-state index is 12.0. The number of hydrogen-bond acceptors (Lipinski definition) is 4. The van der Waals surface area contributed by atoms with E-state index in [9.17, 15) is 9.59 Å². The molecule has 0 fully saturated rings. The second kappa shape index (κ2) is 23.6. The van der Waals surface area contributed by atoms with Crippen LogP contribution >= 0.6 is 0 Å². The van der Waals surface area contributed by atoms with E-state index in [2.05, 4.69) is 13.8 Å². The van der Waals surface area contributed by atoms with Crippen molar-refractivity contribution < 1.29 is 19.1 Å². The van der Waals surface area contributed by atoms with Gasteiger partial charge in [-0.1, -0.05) is 111 Å². The van der Waals surface area contributed by atoms with Crippen LogP contribution < -0.4 is 0 Å². The van der Waals surface area contributed by atoms with Gasteiger partial charge in [0.2, 0.25) is 0 Å². The Morgan fingerprint density at radius 3 is 1.48 bits per heavy atom. The van der Waals surface area contributed by atoms with E-state index < -0.39 is 0 Å². The Kier molecular flexibility index (Phi) is 22.8. The molecule has 4 heteroatoms. The molecule has 0 saturated heterocycles. The van der Waals surface area contributed by atoms with Crippen molar-refractivity contribution in [3.05, 3.63) is 0 Å². The molecule has 31 heavy (non-hydrogen) atoms. The van der Waals surface area contributed by atoms with Crippen LogP contribution in [0.25, 0.3) is 0 Å². The molecule has 0 aliphatic carbocycles. The molecule has 0 aliphatic heterocycles. The topological polar surface area (TPSA) is 52.6 Å². The summed E-state index contributed by atoms with van der Waals surface area (Å²) in [4.78, 5) is 23.9. The molecule has 0 saturated carbocycles. The van der Waals surface area contributed by atoms with Crippen molar-refractivity contribution in [1.82, 2.24) is 0 Å². The molecule has 0 heterocycles. The van der Waals surface area contributed by atoms with Gasteiger partial charge in [0.1, 0.15) is 0 Å². The minimum atomic E-state index is -0.144. The summed E-state index contributed by atoms with van der Waals surface area (Å²) in [6.07, 6.45) is 21.6. The van der Waals surface area contributed by atoms with Gasteiger partial charge < -0.3 is 9.47 Å². The monoisotopic (exact) mass is 440 g/mol. The highest BCUT2D eigenvalue weighted by Crippen LogP contribution is 2.13. The molecule has 0 bridgehead atoms. The van der Waals surface area contributed by atoms with Gasteiger partial charge in [0.25, 0.3) is 0 Å². The van der Waals surface area contributed by atoms with Crippen LogP contribution in [0.1, 0.15) is 143 Å². The van der Waals surface area contributed by atoms with E-state index in [0.717, 1.165) is 25.7 Å². The van der Waals surface area contributed by atoms with E-state index in [4.69, 9.17) is 9.47 Å². The van der Waals surface area contributed by atoms with Crippen molar-refractivity contribution in [3.63, 3.8) is 0 Å². The Balaban J connectivity index is 3.46. The summed E-state index contributed by atoms with van der Waals surface area (Å²) in [6, 6.07) is 0. The SMILES string of the molecule is CCCCCCCCCCOC(=O)CCCC(C)C(=O)OCCCCCCCCCC. The first-order valence-electron chi connectivity index (χ1n) is 13.4. The fraction of sp³-hybridized carbons (Fsp3) is 0.926. The van der Waals surface area contributed by atoms with Crippen molar-refractivity contribution in [2.45, 2.75) is 143 Å². The van der Waals surface area contributed by atoms with Gasteiger partial charge in [-0.3, -0.25) is 9.59 Å². The first-order valence-corrected chi connectivity index (χ1v) is 13.4. The number of unbranched alkanes of at least 4 members (excludes halogenated alkanes) is 14. The average Bonchev–Trinajstić information content (AvgIpc) is 2.76. The lowest BCUT2D eigenvalue weighted by Crippen LogP contribution is -2.16. The average molecular weight is 441 g/mol. The third kappa shape index (κ3) is 21.9. The summed E-state index contributed by atoms with van der Waals surface area (Å²) in [5, 5.41) is 0. The smallest absolute Gasteiger partial charge is 0.308 e. The van der Waals surface area contributed by atoms with Crippen molar-refractivity contribution in [2.75, 3.05) is 13.2 Å². The van der Waals surface area contributed by atoms with Crippen LogP contribution in [0, 0.1) is 5.92 Å². The van der Waals surface area contributed by atoms with Crippen LogP contribution in [-0.4, -0.2) is 25.2 Å². The molecule has 0 rings (SSSR count). The van der Waals surface area contributed by atoms with Crippen molar-refractivity contribution in [2.24, 2.45) is 5.92 Å². The van der Waals surface area contributed by atoms with Crippen molar-refractivity contribution in [3.8, 4) is 0 Å². The van der Waals surface area contributed by atoms with Crippen molar-refractivity contribution in [1.29, 1.82) is 0 Å². The van der Waals surface area contributed by atoms with E-state index in [0.29, 0.717) is 32.5 Å². The van der Waals surface area contributed by atoms with E-state index in [1.54, 1.807) is 0 Å². The highest BCUT2D eigenvalue weighted by Gasteiger charge is 2.15. The molecule has 0 aliphatic rings. The lowest BCUT2D eigenvalue weighted by atomic mass is 10.0. The Labute approximate surface area is 193 Å². The maximum Gasteiger partial charge on any atom is 0.308 e. The summed E-state index contributed by atoms with van der Waals surface area (Å²) in [6.45, 7) is 7.42. The summed E-state index contributed by atoms with van der Waals surface area (Å²) < 4.78 is 10.7. The number of hydrogen-bond donors (Lipinski definition) is 0. The predicted octanol–water partition coefficient (Wildman–Crippen LogP) is 8.16. The minimum absolute atomic E-state index is 0.129. The summed E-state index contributed by atoms with van der Waals surface area (Å²) in [7, 11) is 0. The highest BCUT2D eigenvalue weighted by molar-refractivity contribution is 5.72. The van der Waals surface area contributed by atoms with Crippen LogP contribution in [0.15, 0.2) is 0 Å². The third-order valence-corrected chi connectivity index (χ3v) is 5.92. The van der Waals surface area contributed by atoms with E-state index in [1.807, 2.05) is 6.92 Å². The van der Waals surface area contributed by atoms with Crippen molar-refractivity contribution >= 4 is 11.9 Å². The predicted molar refractivity (Wildman–Crippen MR) is 130 cm³/mol. The second-order valence-corrected chi connectivity index (χ2v) is 9.13. The van der Waals surface area contributed by atoms with Crippen LogP contribution in [0.5, 0.6) is 0 Å². The number of carbonyl (C=O) groups is 2. The second-order valence-electron chi connectivity index (χ2n) is 9.13. The lowest BCUT2D eigenvalue weighted by molar-refractivity contribution is -0.149. The zero-order valence-electron chi connectivity index (χ0n) is 21.1. The van der Waals surface area contributed by atoms with Crippen LogP contribution in [0.4, 0.5) is 0 Å². The Morgan fingerprint density at radius 2 is 1.00 bits per heavy atom. The van der Waals surface area contributed by atoms with Gasteiger partial charge in [-0.15, -0.1) is 0 Å². The molecule has 0 aromatic carbocycles. The van der Waals surface area contributed by atoms with Gasteiger partial charge in [0.15, 0.2) is 0 Å². The van der Waals surface area contributed by atoms with Crippen LogP contribution in [-0.2, 0) is 19.1 Å². The van der Waals surface area contributed by atoms with Gasteiger partial charge in [0, 0.05) is 6.42 Å². The molecule has 0 radical (unpaired) electrons. The zero-order valence-corrected chi connectivity index (χ0v) is 21.1. The number of esters is 2.